The topological polar surface area (TPSA) is 32.8 Å². The molecule has 1 atom stereocenters. The van der Waals surface area contributed by atoms with Crippen molar-refractivity contribution in [1.29, 1.82) is 0 Å². The first kappa shape index (κ1) is 14.2. The lowest BCUT2D eigenvalue weighted by Crippen LogP contribution is -2.47. The van der Waals surface area contributed by atoms with Crippen molar-refractivity contribution in [3.63, 3.8) is 0 Å². The summed E-state index contributed by atoms with van der Waals surface area (Å²) in [5.41, 5.74) is 1.23. The molecule has 96 valence electrons. The summed E-state index contributed by atoms with van der Waals surface area (Å²) in [6.07, 6.45) is 0. The molecule has 0 saturated carbocycles. The van der Waals surface area contributed by atoms with Gasteiger partial charge in [-0.2, -0.15) is 4.31 Å². The normalized spacial score (nSPS) is 18.5. The molecular weight excluding hydrogens is 236 g/mol. The summed E-state index contributed by atoms with van der Waals surface area (Å²) in [5, 5.41) is 0. The van der Waals surface area contributed by atoms with Gasteiger partial charge >= 0.3 is 0 Å². The SMILES string of the molecule is C.COS(=O)N1CCN(c2ccccc2)CC1. The van der Waals surface area contributed by atoms with Crippen LogP contribution in [0.3, 0.4) is 0 Å². The average molecular weight is 256 g/mol. The number of hydrogen-bond donors (Lipinski definition) is 0. The molecule has 0 bridgehead atoms. The highest BCUT2D eigenvalue weighted by Crippen LogP contribution is 2.16. The molecule has 0 spiro atoms. The fourth-order valence-corrected chi connectivity index (χ4v) is 2.51. The summed E-state index contributed by atoms with van der Waals surface area (Å²) >= 11 is -1.28. The molecule has 1 aliphatic heterocycles. The molecule has 1 aliphatic rings. The van der Waals surface area contributed by atoms with Crippen LogP contribution in [0.25, 0.3) is 0 Å². The third kappa shape index (κ3) is 3.52. The summed E-state index contributed by atoms with van der Waals surface area (Å²) < 4.78 is 18.1. The fourth-order valence-electron chi connectivity index (χ4n) is 1.84. The van der Waals surface area contributed by atoms with Gasteiger partial charge < -0.3 is 4.90 Å². The van der Waals surface area contributed by atoms with Crippen molar-refractivity contribution in [3.05, 3.63) is 30.3 Å². The molecule has 1 aromatic carbocycles. The number of piperazine rings is 1. The van der Waals surface area contributed by atoms with Crippen LogP contribution >= 0.6 is 0 Å². The molecule has 17 heavy (non-hydrogen) atoms. The first-order valence-corrected chi connectivity index (χ1v) is 6.36. The van der Waals surface area contributed by atoms with Crippen LogP contribution in [0.4, 0.5) is 5.69 Å². The fraction of sp³-hybridized carbons (Fsp3) is 0.500. The Morgan fingerprint density at radius 1 is 1.12 bits per heavy atom. The number of anilines is 1. The van der Waals surface area contributed by atoms with Crippen LogP contribution in [0.15, 0.2) is 30.3 Å². The van der Waals surface area contributed by atoms with Crippen LogP contribution in [-0.4, -0.2) is 41.8 Å². The Morgan fingerprint density at radius 3 is 2.24 bits per heavy atom. The summed E-state index contributed by atoms with van der Waals surface area (Å²) in [4.78, 5) is 2.30. The highest BCUT2D eigenvalue weighted by Gasteiger charge is 2.21. The predicted molar refractivity (Wildman–Crippen MR) is 72.1 cm³/mol. The zero-order chi connectivity index (χ0) is 11.4. The molecule has 2 rings (SSSR count). The van der Waals surface area contributed by atoms with Crippen molar-refractivity contribution < 1.29 is 8.39 Å². The Bertz CT molecular complexity index is 351. The lowest BCUT2D eigenvalue weighted by molar-refractivity contribution is 0.341. The second kappa shape index (κ2) is 6.74. The van der Waals surface area contributed by atoms with Crippen LogP contribution in [-0.2, 0) is 15.4 Å². The van der Waals surface area contributed by atoms with E-state index < -0.39 is 11.3 Å². The van der Waals surface area contributed by atoms with E-state index in [-0.39, 0.29) is 7.43 Å². The monoisotopic (exact) mass is 256 g/mol. The molecule has 1 unspecified atom stereocenters. The third-order valence-corrected chi connectivity index (χ3v) is 3.79. The molecule has 4 nitrogen and oxygen atoms in total. The Hall–Kier alpha value is -0.910. The van der Waals surface area contributed by atoms with Crippen LogP contribution in [0.5, 0.6) is 0 Å². The van der Waals surface area contributed by atoms with Gasteiger partial charge in [0.25, 0.3) is 0 Å². The third-order valence-electron chi connectivity index (χ3n) is 2.71. The molecule has 1 saturated heterocycles. The summed E-state index contributed by atoms with van der Waals surface area (Å²) in [5.74, 6) is 0. The first-order valence-electron chi connectivity index (χ1n) is 5.32. The second-order valence-corrected chi connectivity index (χ2v) is 4.92. The summed E-state index contributed by atoms with van der Waals surface area (Å²) in [6, 6.07) is 10.3. The van der Waals surface area contributed by atoms with Crippen molar-refractivity contribution >= 4 is 17.0 Å². The molecule has 0 aromatic heterocycles. The predicted octanol–water partition coefficient (Wildman–Crippen LogP) is 1.67. The second-order valence-electron chi connectivity index (χ2n) is 3.64. The van der Waals surface area contributed by atoms with Gasteiger partial charge in [0, 0.05) is 31.9 Å². The Kier molecular flexibility index (Phi) is 5.61. The van der Waals surface area contributed by atoms with E-state index >= 15 is 0 Å². The summed E-state index contributed by atoms with van der Waals surface area (Å²) in [6.45, 7) is 3.32. The Balaban J connectivity index is 0.00000144. The number of rotatable bonds is 3. The van der Waals surface area contributed by atoms with Gasteiger partial charge in [-0.15, -0.1) is 0 Å². The van der Waals surface area contributed by atoms with Gasteiger partial charge in [-0.05, 0) is 12.1 Å². The smallest absolute Gasteiger partial charge is 0.237 e. The Morgan fingerprint density at radius 2 is 1.71 bits per heavy atom. The lowest BCUT2D eigenvalue weighted by Gasteiger charge is -2.34. The number of nitrogens with zero attached hydrogens (tertiary/aromatic N) is 2. The van der Waals surface area contributed by atoms with Gasteiger partial charge in [0.05, 0.1) is 7.11 Å². The van der Waals surface area contributed by atoms with E-state index in [1.165, 1.54) is 12.8 Å². The van der Waals surface area contributed by atoms with Crippen molar-refractivity contribution in [1.82, 2.24) is 4.31 Å². The van der Waals surface area contributed by atoms with Gasteiger partial charge in [-0.1, -0.05) is 25.6 Å². The van der Waals surface area contributed by atoms with Gasteiger partial charge in [0.15, 0.2) is 0 Å². The van der Waals surface area contributed by atoms with Crippen LogP contribution in [0, 0.1) is 0 Å². The highest BCUT2D eigenvalue weighted by atomic mass is 32.2. The maximum atomic E-state index is 11.4. The minimum absolute atomic E-state index is 0. The van der Waals surface area contributed by atoms with E-state index in [0.29, 0.717) is 0 Å². The van der Waals surface area contributed by atoms with Crippen molar-refractivity contribution in [2.45, 2.75) is 7.43 Å². The largest absolute Gasteiger partial charge is 0.369 e. The molecule has 0 amide bonds. The Labute approximate surface area is 106 Å². The van der Waals surface area contributed by atoms with Crippen LogP contribution < -0.4 is 4.90 Å². The molecule has 0 N–H and O–H groups in total. The van der Waals surface area contributed by atoms with Crippen molar-refractivity contribution in [2.75, 3.05) is 38.2 Å². The van der Waals surface area contributed by atoms with E-state index in [4.69, 9.17) is 4.18 Å². The van der Waals surface area contributed by atoms with Crippen molar-refractivity contribution in [2.24, 2.45) is 0 Å². The molecule has 1 aromatic rings. The quantitative estimate of drug-likeness (QED) is 0.824. The van der Waals surface area contributed by atoms with Crippen LogP contribution in [0.2, 0.25) is 0 Å². The zero-order valence-corrected chi connectivity index (χ0v) is 10.2. The maximum absolute atomic E-state index is 11.4. The molecule has 1 fully saturated rings. The van der Waals surface area contributed by atoms with Gasteiger partial charge in [0.1, 0.15) is 0 Å². The van der Waals surface area contributed by atoms with Gasteiger partial charge in [-0.3, -0.25) is 4.18 Å². The van der Waals surface area contributed by atoms with E-state index in [1.54, 1.807) is 0 Å². The van der Waals surface area contributed by atoms with E-state index in [0.717, 1.165) is 26.2 Å². The lowest BCUT2D eigenvalue weighted by atomic mass is 10.2. The van der Waals surface area contributed by atoms with E-state index in [2.05, 4.69) is 17.0 Å². The number of benzene rings is 1. The number of hydrogen-bond acceptors (Lipinski definition) is 3. The van der Waals surface area contributed by atoms with Gasteiger partial charge in [0.2, 0.25) is 11.3 Å². The first-order chi connectivity index (χ1) is 7.81. The molecule has 0 aliphatic carbocycles. The van der Waals surface area contributed by atoms with E-state index in [9.17, 15) is 4.21 Å². The minimum Gasteiger partial charge on any atom is -0.369 e. The maximum Gasteiger partial charge on any atom is 0.237 e. The van der Waals surface area contributed by atoms with E-state index in [1.807, 2.05) is 22.5 Å². The molecule has 1 heterocycles. The molecule has 0 radical (unpaired) electrons. The summed E-state index contributed by atoms with van der Waals surface area (Å²) in [7, 11) is 1.47. The van der Waals surface area contributed by atoms with Gasteiger partial charge in [-0.25, -0.2) is 4.21 Å². The zero-order valence-electron chi connectivity index (χ0n) is 9.33. The average Bonchev–Trinajstić information content (AvgIpc) is 2.39. The number of para-hydroxylation sites is 1. The van der Waals surface area contributed by atoms with Crippen molar-refractivity contribution in [3.8, 4) is 0 Å². The molecular formula is C12H20N2O2S. The highest BCUT2D eigenvalue weighted by molar-refractivity contribution is 7.77. The molecule has 5 heteroatoms. The standard InChI is InChI=1S/C11H16N2O2S.CH4/c1-15-16(14)13-9-7-12(8-10-13)11-5-3-2-4-6-11;/h2-6H,7-10H2,1H3;1H4. The van der Waals surface area contributed by atoms with Crippen LogP contribution in [0.1, 0.15) is 7.43 Å². The minimum atomic E-state index is -1.28.